The van der Waals surface area contributed by atoms with E-state index in [-0.39, 0.29) is 11.1 Å². The normalized spacial score (nSPS) is 47.6. The number of hydrogen-bond donors (Lipinski definition) is 0. The van der Waals surface area contributed by atoms with E-state index in [9.17, 15) is 4.79 Å². The van der Waals surface area contributed by atoms with Crippen LogP contribution in [-0.2, 0) is 9.53 Å². The van der Waals surface area contributed by atoms with Crippen LogP contribution in [0.5, 0.6) is 0 Å². The monoisotopic (exact) mass is 294 g/mol. The van der Waals surface area contributed by atoms with E-state index in [1.165, 1.54) is 25.7 Å². The van der Waals surface area contributed by atoms with Gasteiger partial charge in [0, 0.05) is 12.3 Å². The second-order valence-electron chi connectivity index (χ2n) is 8.78. The lowest BCUT2D eigenvalue weighted by Crippen LogP contribution is -2.43. The van der Waals surface area contributed by atoms with Gasteiger partial charge in [0.15, 0.2) is 0 Å². The summed E-state index contributed by atoms with van der Waals surface area (Å²) in [5.41, 5.74) is 0.315. The number of carbonyl (C=O) groups is 1. The first-order chi connectivity index (χ1) is 9.22. The van der Waals surface area contributed by atoms with Crippen LogP contribution in [0.3, 0.4) is 0 Å². The van der Waals surface area contributed by atoms with Crippen molar-refractivity contribution in [3.63, 3.8) is 0 Å². The molecule has 3 rings (SSSR count). The molecule has 3 fully saturated rings. The van der Waals surface area contributed by atoms with Gasteiger partial charge in [0.2, 0.25) is 0 Å². The van der Waals surface area contributed by atoms with Crippen LogP contribution in [0.1, 0.15) is 46.0 Å². The lowest BCUT2D eigenvalue weighted by atomic mass is 9.70. The van der Waals surface area contributed by atoms with Gasteiger partial charge in [0.1, 0.15) is 5.78 Å². The number of fused-ring (bicyclic) bond motifs is 1. The molecule has 0 radical (unpaired) electrons. The summed E-state index contributed by atoms with van der Waals surface area (Å²) in [6.07, 6.45) is 5.86. The maximum absolute atomic E-state index is 12.3. The molecule has 0 aromatic rings. The zero-order valence-corrected chi connectivity index (χ0v) is 14.8. The van der Waals surface area contributed by atoms with Crippen molar-refractivity contribution in [2.24, 2.45) is 23.2 Å². The minimum Gasteiger partial charge on any atom is -0.373 e. The van der Waals surface area contributed by atoms with Crippen LogP contribution in [0.15, 0.2) is 0 Å². The highest BCUT2D eigenvalue weighted by atomic mass is 28.3. The Hall–Kier alpha value is -0.153. The van der Waals surface area contributed by atoms with Gasteiger partial charge in [0.05, 0.1) is 19.9 Å². The molecule has 114 valence electrons. The van der Waals surface area contributed by atoms with Gasteiger partial charge in [-0.2, -0.15) is 0 Å². The summed E-state index contributed by atoms with van der Waals surface area (Å²) in [5.74, 6) is 2.21. The predicted molar refractivity (Wildman–Crippen MR) is 84.4 cm³/mol. The fourth-order valence-electron chi connectivity index (χ4n) is 5.11. The van der Waals surface area contributed by atoms with Gasteiger partial charge in [-0.3, -0.25) is 4.79 Å². The van der Waals surface area contributed by atoms with Crippen molar-refractivity contribution in [3.05, 3.63) is 0 Å². The first kappa shape index (κ1) is 14.8. The molecule has 3 heteroatoms. The Morgan fingerprint density at radius 1 is 1.25 bits per heavy atom. The third-order valence-corrected chi connectivity index (χ3v) is 10.4. The smallest absolute Gasteiger partial charge is 0.136 e. The van der Waals surface area contributed by atoms with E-state index in [0.717, 1.165) is 18.9 Å². The summed E-state index contributed by atoms with van der Waals surface area (Å²) in [6.45, 7) is 12.8. The molecule has 2 nitrogen and oxygen atoms in total. The fourth-order valence-corrected chi connectivity index (χ4v) is 6.92. The first-order valence-electron chi connectivity index (χ1n) is 8.39. The van der Waals surface area contributed by atoms with Gasteiger partial charge in [-0.25, -0.2) is 0 Å². The molecule has 0 aromatic carbocycles. The molecule has 2 aliphatic carbocycles. The van der Waals surface area contributed by atoms with Crippen LogP contribution in [0.25, 0.3) is 0 Å². The summed E-state index contributed by atoms with van der Waals surface area (Å²) < 4.78 is 5.93. The molecule has 3 aliphatic rings. The van der Waals surface area contributed by atoms with Gasteiger partial charge in [0.25, 0.3) is 0 Å². The van der Waals surface area contributed by atoms with Crippen molar-refractivity contribution in [2.75, 3.05) is 6.61 Å². The van der Waals surface area contributed by atoms with Crippen LogP contribution in [-0.4, -0.2) is 25.7 Å². The Balaban J connectivity index is 1.77. The lowest BCUT2D eigenvalue weighted by Gasteiger charge is -2.37. The highest BCUT2D eigenvalue weighted by Crippen LogP contribution is 2.61. The molecule has 1 saturated heterocycles. The average Bonchev–Trinajstić information content (AvgIpc) is 3.05. The molecule has 2 saturated carbocycles. The molecular weight excluding hydrogens is 264 g/mol. The lowest BCUT2D eigenvalue weighted by molar-refractivity contribution is -0.122. The Labute approximate surface area is 124 Å². The van der Waals surface area contributed by atoms with Crippen molar-refractivity contribution >= 4 is 13.9 Å². The Morgan fingerprint density at radius 2 is 1.90 bits per heavy atom. The molecule has 0 unspecified atom stereocenters. The fraction of sp³-hybridized carbons (Fsp3) is 0.941. The van der Waals surface area contributed by atoms with Gasteiger partial charge >= 0.3 is 0 Å². The maximum atomic E-state index is 12.3. The SMILES string of the molecule is C[C@@H]1CC[C@]2(CC[C@]3([Si](C)(C)C)CO3)[C@@H](C)C(=O)C[C@@H]12. The maximum Gasteiger partial charge on any atom is 0.136 e. The minimum atomic E-state index is -1.26. The highest BCUT2D eigenvalue weighted by molar-refractivity contribution is 6.79. The third-order valence-electron chi connectivity index (χ3n) is 7.11. The van der Waals surface area contributed by atoms with Crippen LogP contribution in [0.4, 0.5) is 0 Å². The molecule has 1 heterocycles. The summed E-state index contributed by atoms with van der Waals surface area (Å²) in [5, 5.41) is 0.226. The number of epoxide rings is 1. The van der Waals surface area contributed by atoms with E-state index < -0.39 is 8.07 Å². The van der Waals surface area contributed by atoms with E-state index >= 15 is 0 Å². The van der Waals surface area contributed by atoms with Crippen LogP contribution in [0.2, 0.25) is 19.6 Å². The van der Waals surface area contributed by atoms with E-state index in [2.05, 4.69) is 33.5 Å². The minimum absolute atomic E-state index is 0.226. The van der Waals surface area contributed by atoms with Gasteiger partial charge in [-0.05, 0) is 42.9 Å². The van der Waals surface area contributed by atoms with Crippen molar-refractivity contribution in [2.45, 2.75) is 70.8 Å². The van der Waals surface area contributed by atoms with Crippen molar-refractivity contribution in [3.8, 4) is 0 Å². The van der Waals surface area contributed by atoms with Crippen molar-refractivity contribution < 1.29 is 9.53 Å². The largest absolute Gasteiger partial charge is 0.373 e. The Kier molecular flexibility index (Phi) is 3.27. The number of Topliss-reactive ketones (excluding diaryl/α,β-unsaturated/α-hetero) is 1. The average molecular weight is 295 g/mol. The quantitative estimate of drug-likeness (QED) is 0.578. The molecule has 20 heavy (non-hydrogen) atoms. The van der Waals surface area contributed by atoms with E-state index in [1.54, 1.807) is 0 Å². The first-order valence-corrected chi connectivity index (χ1v) is 11.9. The zero-order valence-electron chi connectivity index (χ0n) is 13.8. The zero-order chi connectivity index (χ0) is 14.8. The summed E-state index contributed by atoms with van der Waals surface area (Å²) in [6, 6.07) is 0. The number of hydrogen-bond acceptors (Lipinski definition) is 2. The Bertz CT molecular complexity index is 421. The Morgan fingerprint density at radius 3 is 2.45 bits per heavy atom. The molecule has 0 spiro atoms. The molecule has 0 amide bonds. The molecular formula is C17H30O2Si. The highest BCUT2D eigenvalue weighted by Gasteiger charge is 2.60. The molecule has 5 atom stereocenters. The van der Waals surface area contributed by atoms with Gasteiger partial charge < -0.3 is 4.74 Å². The standard InChI is InChI=1S/C17H30O2Si/c1-12-6-7-16(13(2)15(18)10-14(12)16)8-9-17(11-19-17)20(3,4)5/h12-14H,6-11H2,1-5H3/t12-,13+,14+,16+,17+/m1/s1. The van der Waals surface area contributed by atoms with E-state index in [0.29, 0.717) is 17.1 Å². The summed E-state index contributed by atoms with van der Waals surface area (Å²) in [4.78, 5) is 12.3. The van der Waals surface area contributed by atoms with Gasteiger partial charge in [-0.15, -0.1) is 0 Å². The number of rotatable bonds is 4. The number of ether oxygens (including phenoxy) is 1. The molecule has 1 aliphatic heterocycles. The third kappa shape index (κ3) is 1.96. The molecule has 0 N–H and O–H groups in total. The van der Waals surface area contributed by atoms with Crippen molar-refractivity contribution in [1.82, 2.24) is 0 Å². The van der Waals surface area contributed by atoms with Crippen molar-refractivity contribution in [1.29, 1.82) is 0 Å². The van der Waals surface area contributed by atoms with Crippen LogP contribution >= 0.6 is 0 Å². The van der Waals surface area contributed by atoms with Crippen LogP contribution in [0, 0.1) is 23.2 Å². The second-order valence-corrected chi connectivity index (χ2v) is 14.2. The predicted octanol–water partition coefficient (Wildman–Crippen LogP) is 4.05. The topological polar surface area (TPSA) is 29.6 Å². The van der Waals surface area contributed by atoms with E-state index in [1.807, 2.05) is 0 Å². The molecule has 0 bridgehead atoms. The van der Waals surface area contributed by atoms with Gasteiger partial charge in [-0.1, -0.05) is 33.5 Å². The summed E-state index contributed by atoms with van der Waals surface area (Å²) >= 11 is 0. The molecule has 0 aromatic heterocycles. The van der Waals surface area contributed by atoms with Crippen LogP contribution < -0.4 is 0 Å². The summed E-state index contributed by atoms with van der Waals surface area (Å²) in [7, 11) is -1.26. The number of ketones is 1. The van der Waals surface area contributed by atoms with E-state index in [4.69, 9.17) is 4.74 Å². The second kappa shape index (κ2) is 4.42. The number of carbonyl (C=O) groups excluding carboxylic acids is 1.